The fourth-order valence-corrected chi connectivity index (χ4v) is 3.34. The van der Waals surface area contributed by atoms with Gasteiger partial charge in [0.15, 0.2) is 17.3 Å². The number of hydrogen-bond donors (Lipinski definition) is 1. The Hall–Kier alpha value is -3.35. The van der Waals surface area contributed by atoms with Gasteiger partial charge in [-0.3, -0.25) is 14.5 Å². The van der Waals surface area contributed by atoms with Gasteiger partial charge in [0.2, 0.25) is 0 Å². The highest BCUT2D eigenvalue weighted by molar-refractivity contribution is 6.11. The van der Waals surface area contributed by atoms with Crippen LogP contribution in [-0.4, -0.2) is 48.9 Å². The molecule has 29 heavy (non-hydrogen) atoms. The van der Waals surface area contributed by atoms with Crippen molar-refractivity contribution in [2.75, 3.05) is 20.8 Å². The molecule has 152 valence electrons. The zero-order valence-electron chi connectivity index (χ0n) is 16.7. The molecule has 1 saturated heterocycles. The van der Waals surface area contributed by atoms with Gasteiger partial charge in [-0.1, -0.05) is 30.3 Å². The van der Waals surface area contributed by atoms with Gasteiger partial charge in [-0.2, -0.15) is 0 Å². The number of Topliss-reactive ketones (excluding diaryl/α,β-unsaturated/α-hetero) is 1. The van der Waals surface area contributed by atoms with Crippen molar-refractivity contribution in [2.24, 2.45) is 0 Å². The van der Waals surface area contributed by atoms with Crippen LogP contribution in [0, 0.1) is 0 Å². The Morgan fingerprint density at radius 3 is 2.38 bits per heavy atom. The molecular formula is C22H24N2O5. The van der Waals surface area contributed by atoms with Crippen molar-refractivity contribution < 1.29 is 23.9 Å². The zero-order chi connectivity index (χ0) is 21.0. The first-order chi connectivity index (χ1) is 13.9. The van der Waals surface area contributed by atoms with Gasteiger partial charge in [-0.05, 0) is 43.5 Å². The van der Waals surface area contributed by atoms with Crippen LogP contribution in [0.5, 0.6) is 11.5 Å². The van der Waals surface area contributed by atoms with Crippen LogP contribution in [0.4, 0.5) is 4.79 Å². The lowest BCUT2D eigenvalue weighted by molar-refractivity contribution is -0.130. The van der Waals surface area contributed by atoms with Gasteiger partial charge in [0.1, 0.15) is 5.54 Å². The normalized spacial score (nSPS) is 18.5. The van der Waals surface area contributed by atoms with E-state index in [0.717, 1.165) is 10.5 Å². The third-order valence-corrected chi connectivity index (χ3v) is 5.11. The summed E-state index contributed by atoms with van der Waals surface area (Å²) in [5.74, 6) is 0.143. The minimum absolute atomic E-state index is 0.332. The lowest BCUT2D eigenvalue weighted by atomic mass is 9.93. The minimum Gasteiger partial charge on any atom is -0.493 e. The number of nitrogens with zero attached hydrogens (tertiary/aromatic N) is 1. The molecule has 1 heterocycles. The van der Waals surface area contributed by atoms with E-state index in [1.807, 2.05) is 30.3 Å². The van der Waals surface area contributed by atoms with Gasteiger partial charge >= 0.3 is 6.03 Å². The maximum atomic E-state index is 12.9. The van der Waals surface area contributed by atoms with E-state index < -0.39 is 17.5 Å². The minimum atomic E-state index is -1.04. The number of carbonyl (C=O) groups excluding carboxylic acids is 3. The highest BCUT2D eigenvalue weighted by Crippen LogP contribution is 2.28. The summed E-state index contributed by atoms with van der Waals surface area (Å²) in [6.07, 6.45) is 1.09. The van der Waals surface area contributed by atoms with Crippen molar-refractivity contribution in [3.63, 3.8) is 0 Å². The lowest BCUT2D eigenvalue weighted by Crippen LogP contribution is -2.44. The highest BCUT2D eigenvalue weighted by Gasteiger charge is 2.47. The van der Waals surface area contributed by atoms with Gasteiger partial charge < -0.3 is 14.8 Å². The van der Waals surface area contributed by atoms with Crippen molar-refractivity contribution >= 4 is 17.7 Å². The molecule has 1 atom stereocenters. The third kappa shape index (κ3) is 4.23. The van der Waals surface area contributed by atoms with Gasteiger partial charge in [-0.15, -0.1) is 0 Å². The quantitative estimate of drug-likeness (QED) is 0.548. The largest absolute Gasteiger partial charge is 0.493 e. The van der Waals surface area contributed by atoms with E-state index in [0.29, 0.717) is 29.9 Å². The molecule has 7 heteroatoms. The molecule has 2 aromatic carbocycles. The molecule has 0 radical (unpaired) electrons. The molecule has 1 aliphatic rings. The standard InChI is InChI=1S/C22H24N2O5/c1-22(12-11-15-7-5-4-6-8-15)20(26)24(21(27)23-22)14-17(25)16-9-10-18(28-2)19(13-16)29-3/h4-10,13H,11-12,14H2,1-3H3,(H,23,27)/t22-/m1/s1. The summed E-state index contributed by atoms with van der Waals surface area (Å²) in [4.78, 5) is 38.9. The van der Waals surface area contributed by atoms with Crippen LogP contribution >= 0.6 is 0 Å². The number of urea groups is 1. The van der Waals surface area contributed by atoms with E-state index in [4.69, 9.17) is 9.47 Å². The van der Waals surface area contributed by atoms with Crippen LogP contribution in [0.3, 0.4) is 0 Å². The number of methoxy groups -OCH3 is 2. The number of amides is 3. The number of rotatable bonds is 8. The number of nitrogens with one attached hydrogen (secondary N) is 1. The molecule has 1 fully saturated rings. The molecule has 1 aliphatic heterocycles. The number of ketones is 1. The van der Waals surface area contributed by atoms with E-state index in [1.165, 1.54) is 20.3 Å². The Balaban J connectivity index is 1.70. The Labute approximate surface area is 169 Å². The highest BCUT2D eigenvalue weighted by atomic mass is 16.5. The maximum Gasteiger partial charge on any atom is 0.325 e. The second-order valence-corrected chi connectivity index (χ2v) is 7.13. The number of benzene rings is 2. The summed E-state index contributed by atoms with van der Waals surface area (Å²) in [5, 5.41) is 2.74. The van der Waals surface area contributed by atoms with Crippen molar-refractivity contribution in [3.05, 3.63) is 59.7 Å². The molecule has 3 amide bonds. The Morgan fingerprint density at radius 1 is 1.03 bits per heavy atom. The number of hydrogen-bond acceptors (Lipinski definition) is 5. The van der Waals surface area contributed by atoms with Crippen molar-refractivity contribution in [1.29, 1.82) is 0 Å². The van der Waals surface area contributed by atoms with Crippen molar-refractivity contribution in [3.8, 4) is 11.5 Å². The first-order valence-corrected chi connectivity index (χ1v) is 9.31. The van der Waals surface area contributed by atoms with Crippen LogP contribution in [0.15, 0.2) is 48.5 Å². The topological polar surface area (TPSA) is 84.9 Å². The fraction of sp³-hybridized carbons (Fsp3) is 0.318. The molecule has 3 rings (SSSR count). The van der Waals surface area contributed by atoms with Crippen LogP contribution in [0.25, 0.3) is 0 Å². The van der Waals surface area contributed by atoms with E-state index >= 15 is 0 Å². The van der Waals surface area contributed by atoms with E-state index in [2.05, 4.69) is 5.32 Å². The Bertz CT molecular complexity index is 928. The van der Waals surface area contributed by atoms with E-state index in [9.17, 15) is 14.4 Å². The fourth-order valence-electron chi connectivity index (χ4n) is 3.34. The Kier molecular flexibility index (Phi) is 5.87. The maximum absolute atomic E-state index is 12.9. The number of aryl methyl sites for hydroxylation is 1. The molecular weight excluding hydrogens is 372 g/mol. The molecule has 0 spiro atoms. The van der Waals surface area contributed by atoms with E-state index in [1.54, 1.807) is 19.1 Å². The Morgan fingerprint density at radius 2 is 1.72 bits per heavy atom. The third-order valence-electron chi connectivity index (χ3n) is 5.11. The van der Waals surface area contributed by atoms with Crippen LogP contribution < -0.4 is 14.8 Å². The average Bonchev–Trinajstić information content (AvgIpc) is 2.95. The smallest absolute Gasteiger partial charge is 0.325 e. The van der Waals surface area contributed by atoms with E-state index in [-0.39, 0.29) is 12.3 Å². The first-order valence-electron chi connectivity index (χ1n) is 9.31. The first kappa shape index (κ1) is 20.4. The molecule has 7 nitrogen and oxygen atoms in total. The van der Waals surface area contributed by atoms with Crippen molar-refractivity contribution in [1.82, 2.24) is 10.2 Å². The van der Waals surface area contributed by atoms with Gasteiger partial charge in [0.25, 0.3) is 5.91 Å². The zero-order valence-corrected chi connectivity index (χ0v) is 16.7. The summed E-state index contributed by atoms with van der Waals surface area (Å²) >= 11 is 0. The monoisotopic (exact) mass is 396 g/mol. The number of imide groups is 1. The molecule has 0 aliphatic carbocycles. The van der Waals surface area contributed by atoms with Gasteiger partial charge in [0.05, 0.1) is 20.8 Å². The molecule has 0 unspecified atom stereocenters. The van der Waals surface area contributed by atoms with Crippen LogP contribution in [-0.2, 0) is 11.2 Å². The molecule has 0 bridgehead atoms. The van der Waals surface area contributed by atoms with Crippen molar-refractivity contribution in [2.45, 2.75) is 25.3 Å². The van der Waals surface area contributed by atoms with Gasteiger partial charge in [-0.25, -0.2) is 4.79 Å². The molecule has 2 aromatic rings. The lowest BCUT2D eigenvalue weighted by Gasteiger charge is -2.21. The van der Waals surface area contributed by atoms with Gasteiger partial charge in [0, 0.05) is 5.56 Å². The summed E-state index contributed by atoms with van der Waals surface area (Å²) in [6.45, 7) is 1.36. The molecule has 1 N–H and O–H groups in total. The molecule has 0 saturated carbocycles. The summed E-state index contributed by atoms with van der Waals surface area (Å²) in [5.41, 5.74) is 0.377. The average molecular weight is 396 g/mol. The molecule has 0 aromatic heterocycles. The number of carbonyl (C=O) groups is 3. The number of ether oxygens (including phenoxy) is 2. The predicted molar refractivity (Wildman–Crippen MR) is 107 cm³/mol. The summed E-state index contributed by atoms with van der Waals surface area (Å²) in [6, 6.07) is 13.9. The van der Waals surface area contributed by atoms with Crippen LogP contribution in [0.1, 0.15) is 29.3 Å². The predicted octanol–water partition coefficient (Wildman–Crippen LogP) is 2.83. The van der Waals surface area contributed by atoms with Crippen LogP contribution in [0.2, 0.25) is 0 Å². The summed E-state index contributed by atoms with van der Waals surface area (Å²) in [7, 11) is 2.98. The SMILES string of the molecule is COc1ccc(C(=O)CN2C(=O)N[C@](C)(CCc3ccccc3)C2=O)cc1OC. The summed E-state index contributed by atoms with van der Waals surface area (Å²) < 4.78 is 10.4. The second-order valence-electron chi connectivity index (χ2n) is 7.13. The second kappa shape index (κ2) is 8.34.